The lowest BCUT2D eigenvalue weighted by Crippen LogP contribution is -2.39. The maximum Gasteiger partial charge on any atom is 0.255 e. The van der Waals surface area contributed by atoms with E-state index in [2.05, 4.69) is 10.6 Å². The number of rotatable bonds is 3. The summed E-state index contributed by atoms with van der Waals surface area (Å²) in [4.78, 5) is 11.2. The maximum absolute atomic E-state index is 11.7. The van der Waals surface area contributed by atoms with Gasteiger partial charge in [-0.2, -0.15) is 0 Å². The molecule has 1 heterocycles. The van der Waals surface area contributed by atoms with E-state index in [0.29, 0.717) is 0 Å². The fraction of sp³-hybridized carbons (Fsp3) is 0.875. The van der Waals surface area contributed by atoms with E-state index in [0.717, 1.165) is 25.9 Å². The number of nitrogens with one attached hydrogen (secondary N) is 2. The zero-order valence-corrected chi connectivity index (χ0v) is 7.35. The third-order valence-corrected chi connectivity index (χ3v) is 2.14. The molecule has 76 valence electrons. The fourth-order valence-electron chi connectivity index (χ4n) is 1.41. The number of piperidine rings is 1. The summed E-state index contributed by atoms with van der Waals surface area (Å²) < 4.78 is 23.5. The van der Waals surface area contributed by atoms with Gasteiger partial charge in [0.05, 0.1) is 6.54 Å². The summed E-state index contributed by atoms with van der Waals surface area (Å²) in [6, 6.07) is 0. The molecule has 0 radical (unpaired) electrons. The molecular weight excluding hydrogens is 178 g/mol. The average molecular weight is 192 g/mol. The summed E-state index contributed by atoms with van der Waals surface area (Å²) >= 11 is 0. The Kier molecular flexibility index (Phi) is 4.08. The number of alkyl halides is 2. The van der Waals surface area contributed by atoms with E-state index < -0.39 is 13.0 Å². The molecule has 0 spiro atoms. The van der Waals surface area contributed by atoms with Crippen LogP contribution in [-0.4, -0.2) is 32.0 Å². The highest BCUT2D eigenvalue weighted by Gasteiger charge is 2.20. The maximum atomic E-state index is 11.7. The van der Waals surface area contributed by atoms with Crippen molar-refractivity contribution >= 4 is 5.91 Å². The molecule has 0 saturated carbocycles. The average Bonchev–Trinajstić information content (AvgIpc) is 2.15. The second-order valence-corrected chi connectivity index (χ2v) is 3.16. The second kappa shape index (κ2) is 5.11. The van der Waals surface area contributed by atoms with Gasteiger partial charge >= 0.3 is 0 Å². The van der Waals surface area contributed by atoms with E-state index in [1.165, 1.54) is 0 Å². The minimum Gasteiger partial charge on any atom is -0.350 e. The van der Waals surface area contributed by atoms with Crippen LogP contribution in [0.25, 0.3) is 0 Å². The lowest BCUT2D eigenvalue weighted by atomic mass is 9.97. The monoisotopic (exact) mass is 192 g/mol. The van der Waals surface area contributed by atoms with Crippen LogP contribution in [-0.2, 0) is 4.79 Å². The lowest BCUT2D eigenvalue weighted by molar-refractivity contribution is -0.126. The first kappa shape index (κ1) is 10.4. The minimum absolute atomic E-state index is 0.0833. The van der Waals surface area contributed by atoms with Gasteiger partial charge in [0.15, 0.2) is 0 Å². The Morgan fingerprint density at radius 1 is 1.46 bits per heavy atom. The Labute approximate surface area is 75.9 Å². The van der Waals surface area contributed by atoms with Crippen molar-refractivity contribution in [1.29, 1.82) is 0 Å². The predicted molar refractivity (Wildman–Crippen MR) is 44.6 cm³/mol. The van der Waals surface area contributed by atoms with Crippen LogP contribution in [0.2, 0.25) is 0 Å². The van der Waals surface area contributed by atoms with Crippen molar-refractivity contribution in [3.63, 3.8) is 0 Å². The molecule has 0 aromatic carbocycles. The molecular formula is C8H14F2N2O. The highest BCUT2D eigenvalue weighted by molar-refractivity contribution is 5.78. The van der Waals surface area contributed by atoms with Crippen molar-refractivity contribution < 1.29 is 13.6 Å². The van der Waals surface area contributed by atoms with Crippen LogP contribution in [0.15, 0.2) is 0 Å². The van der Waals surface area contributed by atoms with Gasteiger partial charge in [-0.05, 0) is 25.9 Å². The van der Waals surface area contributed by atoms with Crippen LogP contribution in [0.5, 0.6) is 0 Å². The molecule has 1 aliphatic heterocycles. The molecule has 1 rings (SSSR count). The van der Waals surface area contributed by atoms with Crippen LogP contribution >= 0.6 is 0 Å². The smallest absolute Gasteiger partial charge is 0.255 e. The van der Waals surface area contributed by atoms with Gasteiger partial charge in [0.1, 0.15) is 0 Å². The van der Waals surface area contributed by atoms with Crippen LogP contribution in [0.3, 0.4) is 0 Å². The normalized spacial score (nSPS) is 19.0. The number of amides is 1. The molecule has 1 saturated heterocycles. The van der Waals surface area contributed by atoms with Gasteiger partial charge in [0, 0.05) is 5.92 Å². The van der Waals surface area contributed by atoms with E-state index in [1.54, 1.807) is 0 Å². The first-order chi connectivity index (χ1) is 6.20. The summed E-state index contributed by atoms with van der Waals surface area (Å²) in [5, 5.41) is 5.34. The van der Waals surface area contributed by atoms with Crippen molar-refractivity contribution in [2.24, 2.45) is 5.92 Å². The molecule has 1 fully saturated rings. The molecule has 1 amide bonds. The fourth-order valence-corrected chi connectivity index (χ4v) is 1.41. The van der Waals surface area contributed by atoms with Gasteiger partial charge in [-0.15, -0.1) is 0 Å². The zero-order valence-electron chi connectivity index (χ0n) is 7.35. The van der Waals surface area contributed by atoms with Gasteiger partial charge in [0.2, 0.25) is 5.91 Å². The Hall–Kier alpha value is -0.710. The topological polar surface area (TPSA) is 41.1 Å². The summed E-state index contributed by atoms with van der Waals surface area (Å²) in [5.41, 5.74) is 0. The molecule has 0 atom stereocenters. The highest BCUT2D eigenvalue weighted by Crippen LogP contribution is 2.11. The first-order valence-corrected chi connectivity index (χ1v) is 4.46. The second-order valence-electron chi connectivity index (χ2n) is 3.16. The minimum atomic E-state index is -2.45. The third kappa shape index (κ3) is 3.67. The van der Waals surface area contributed by atoms with Crippen LogP contribution in [0, 0.1) is 5.92 Å². The molecule has 0 aliphatic carbocycles. The predicted octanol–water partition coefficient (Wildman–Crippen LogP) is 0.367. The Morgan fingerprint density at radius 2 is 2.08 bits per heavy atom. The number of carbonyl (C=O) groups excluding carboxylic acids is 1. The molecule has 0 aromatic heterocycles. The van der Waals surface area contributed by atoms with Crippen molar-refractivity contribution in [3.05, 3.63) is 0 Å². The van der Waals surface area contributed by atoms with Crippen molar-refractivity contribution in [3.8, 4) is 0 Å². The number of carbonyl (C=O) groups is 1. The van der Waals surface area contributed by atoms with Crippen LogP contribution < -0.4 is 10.6 Å². The summed E-state index contributed by atoms with van der Waals surface area (Å²) in [5.74, 6) is -0.318. The van der Waals surface area contributed by atoms with E-state index in [4.69, 9.17) is 0 Å². The summed E-state index contributed by atoms with van der Waals surface area (Å²) in [6.07, 6.45) is -0.963. The van der Waals surface area contributed by atoms with Gasteiger partial charge < -0.3 is 10.6 Å². The lowest BCUT2D eigenvalue weighted by Gasteiger charge is -2.21. The van der Waals surface area contributed by atoms with Crippen molar-refractivity contribution in [1.82, 2.24) is 10.6 Å². The van der Waals surface area contributed by atoms with Crippen LogP contribution in [0.4, 0.5) is 8.78 Å². The Balaban J connectivity index is 2.21. The highest BCUT2D eigenvalue weighted by atomic mass is 19.3. The Bertz CT molecular complexity index is 170. The number of hydrogen-bond acceptors (Lipinski definition) is 2. The quantitative estimate of drug-likeness (QED) is 0.678. The molecule has 0 bridgehead atoms. The largest absolute Gasteiger partial charge is 0.350 e. The van der Waals surface area contributed by atoms with E-state index in [-0.39, 0.29) is 11.8 Å². The standard InChI is InChI=1S/C8H14F2N2O/c9-7(10)5-12-8(13)6-1-3-11-4-2-6/h6-7,11H,1-5H2,(H,12,13). The molecule has 5 heteroatoms. The molecule has 2 N–H and O–H groups in total. The third-order valence-electron chi connectivity index (χ3n) is 2.14. The van der Waals surface area contributed by atoms with E-state index in [1.807, 2.05) is 0 Å². The molecule has 1 aliphatic rings. The van der Waals surface area contributed by atoms with Gasteiger partial charge in [-0.1, -0.05) is 0 Å². The Morgan fingerprint density at radius 3 is 2.62 bits per heavy atom. The molecule has 3 nitrogen and oxygen atoms in total. The number of halogens is 2. The number of hydrogen-bond donors (Lipinski definition) is 2. The SMILES string of the molecule is O=C(NCC(F)F)C1CCNCC1. The van der Waals surface area contributed by atoms with Gasteiger partial charge in [-0.3, -0.25) is 4.79 Å². The summed E-state index contributed by atoms with van der Waals surface area (Å²) in [7, 11) is 0. The van der Waals surface area contributed by atoms with Gasteiger partial charge in [-0.25, -0.2) is 8.78 Å². The van der Waals surface area contributed by atoms with Crippen LogP contribution in [0.1, 0.15) is 12.8 Å². The first-order valence-electron chi connectivity index (χ1n) is 4.46. The van der Waals surface area contributed by atoms with E-state index >= 15 is 0 Å². The molecule has 0 unspecified atom stereocenters. The van der Waals surface area contributed by atoms with Crippen molar-refractivity contribution in [2.75, 3.05) is 19.6 Å². The summed E-state index contributed by atoms with van der Waals surface area (Å²) in [6.45, 7) is 1.07. The molecule has 0 aromatic rings. The molecule has 13 heavy (non-hydrogen) atoms. The zero-order chi connectivity index (χ0) is 9.68. The van der Waals surface area contributed by atoms with Crippen molar-refractivity contribution in [2.45, 2.75) is 19.3 Å². The van der Waals surface area contributed by atoms with E-state index in [9.17, 15) is 13.6 Å². The van der Waals surface area contributed by atoms with Gasteiger partial charge in [0.25, 0.3) is 6.43 Å².